The smallest absolute Gasteiger partial charge is 0.321 e. The second-order valence-electron chi connectivity index (χ2n) is 5.29. The van der Waals surface area contributed by atoms with Crippen LogP contribution in [0.1, 0.15) is 43.8 Å². The summed E-state index contributed by atoms with van der Waals surface area (Å²) in [5.41, 5.74) is -0.0876. The van der Waals surface area contributed by atoms with Gasteiger partial charge in [-0.1, -0.05) is 43.7 Å². The van der Waals surface area contributed by atoms with E-state index in [1.165, 1.54) is 0 Å². The summed E-state index contributed by atoms with van der Waals surface area (Å²) in [5.74, 6) is -2.50. The fourth-order valence-electron chi connectivity index (χ4n) is 2.32. The number of hydrogen-bond donors (Lipinski definition) is 4. The Labute approximate surface area is 134 Å². The first-order chi connectivity index (χ1) is 10.8. The van der Waals surface area contributed by atoms with Gasteiger partial charge in [0.25, 0.3) is 7.52 Å². The molecule has 0 amide bonds. The van der Waals surface area contributed by atoms with Crippen molar-refractivity contribution in [2.24, 2.45) is 0 Å². The number of carbonyl (C=O) groups is 2. The van der Waals surface area contributed by atoms with Crippen LogP contribution in [0.4, 0.5) is 0 Å². The molecule has 4 N–H and O–H groups in total. The van der Waals surface area contributed by atoms with Crippen molar-refractivity contribution < 1.29 is 29.3 Å². The molecular weight excluding hydrogens is 321 g/mol. The Morgan fingerprint density at radius 2 is 1.78 bits per heavy atom. The minimum absolute atomic E-state index is 0.261. The average Bonchev–Trinajstić information content (AvgIpc) is 2.49. The van der Waals surface area contributed by atoms with Crippen LogP contribution in [-0.2, 0) is 14.2 Å². The molecule has 0 aliphatic rings. The molecule has 1 aromatic carbocycles. The van der Waals surface area contributed by atoms with E-state index >= 15 is 0 Å². The van der Waals surface area contributed by atoms with Gasteiger partial charge in [0.2, 0.25) is 0 Å². The number of carboxylic acid groups (broad SMARTS) is 2. The molecule has 0 spiro atoms. The van der Waals surface area contributed by atoms with E-state index in [1.54, 1.807) is 30.3 Å². The summed E-state index contributed by atoms with van der Waals surface area (Å²) in [4.78, 5) is 32.2. The van der Waals surface area contributed by atoms with Crippen LogP contribution in [0.3, 0.4) is 0 Å². The number of aliphatic carboxylic acids is 2. The lowest BCUT2D eigenvalue weighted by Crippen LogP contribution is -2.36. The van der Waals surface area contributed by atoms with E-state index in [1.807, 2.05) is 6.92 Å². The topological polar surface area (TPSA) is 124 Å². The van der Waals surface area contributed by atoms with E-state index in [9.17, 15) is 19.0 Å². The van der Waals surface area contributed by atoms with E-state index in [-0.39, 0.29) is 6.42 Å². The zero-order valence-electron chi connectivity index (χ0n) is 12.9. The molecule has 1 rings (SSSR count). The Bertz CT molecular complexity index is 577. The highest BCUT2D eigenvalue weighted by Gasteiger charge is 2.36. The van der Waals surface area contributed by atoms with Gasteiger partial charge >= 0.3 is 11.9 Å². The molecule has 0 aliphatic heterocycles. The molecule has 0 radical (unpaired) electrons. The third-order valence-electron chi connectivity index (χ3n) is 3.45. The maximum absolute atomic E-state index is 12.7. The Morgan fingerprint density at radius 3 is 2.26 bits per heavy atom. The molecule has 3 atom stereocenters. The summed E-state index contributed by atoms with van der Waals surface area (Å²) in [7, 11) is -4.03. The van der Waals surface area contributed by atoms with Gasteiger partial charge in [-0.2, -0.15) is 0 Å². The van der Waals surface area contributed by atoms with Gasteiger partial charge in [0.15, 0.2) is 0 Å². The maximum Gasteiger partial charge on any atom is 0.321 e. The van der Waals surface area contributed by atoms with Gasteiger partial charge in [-0.15, -0.1) is 0 Å². The number of benzene rings is 1. The van der Waals surface area contributed by atoms with Gasteiger partial charge in [0.1, 0.15) is 6.04 Å². The predicted molar refractivity (Wildman–Crippen MR) is 85.3 cm³/mol. The Kier molecular flexibility index (Phi) is 7.42. The number of nitrogens with one attached hydrogen (secondary N) is 1. The molecule has 23 heavy (non-hydrogen) atoms. The molecule has 0 fully saturated rings. The summed E-state index contributed by atoms with van der Waals surface area (Å²) < 4.78 is 12.7. The first kappa shape index (κ1) is 19.4. The fraction of sp³-hybridized carbons (Fsp3) is 0.467. The van der Waals surface area contributed by atoms with Crippen LogP contribution in [0.5, 0.6) is 0 Å². The highest BCUT2D eigenvalue weighted by atomic mass is 31.2. The molecule has 3 unspecified atom stereocenters. The van der Waals surface area contributed by atoms with Crippen molar-refractivity contribution in [1.82, 2.24) is 5.09 Å². The maximum atomic E-state index is 12.7. The van der Waals surface area contributed by atoms with Crippen LogP contribution < -0.4 is 5.09 Å². The van der Waals surface area contributed by atoms with Crippen molar-refractivity contribution in [2.45, 2.75) is 44.3 Å². The summed E-state index contributed by atoms with van der Waals surface area (Å²) in [6.07, 6.45) is 0.408. The van der Waals surface area contributed by atoms with E-state index in [0.717, 1.165) is 0 Å². The third-order valence-corrected chi connectivity index (χ3v) is 5.54. The molecular formula is C15H22NO6P. The number of hydrogen-bond acceptors (Lipinski definition) is 3. The number of carboxylic acids is 2. The summed E-state index contributed by atoms with van der Waals surface area (Å²) in [6.45, 7) is 1.87. The van der Waals surface area contributed by atoms with Crippen molar-refractivity contribution in [3.8, 4) is 0 Å². The average molecular weight is 343 g/mol. The van der Waals surface area contributed by atoms with Gasteiger partial charge < -0.3 is 15.1 Å². The lowest BCUT2D eigenvalue weighted by Gasteiger charge is -2.26. The summed E-state index contributed by atoms with van der Waals surface area (Å²) in [5, 5.41) is 20.1. The molecule has 1 aromatic rings. The second-order valence-corrected chi connectivity index (χ2v) is 7.42. The zero-order chi connectivity index (χ0) is 17.5. The minimum Gasteiger partial charge on any atom is -0.481 e. The van der Waals surface area contributed by atoms with Crippen LogP contribution in [0.25, 0.3) is 0 Å². The van der Waals surface area contributed by atoms with E-state index in [0.29, 0.717) is 18.4 Å². The fourth-order valence-corrected chi connectivity index (χ4v) is 4.37. The Morgan fingerprint density at radius 1 is 1.17 bits per heavy atom. The lowest BCUT2D eigenvalue weighted by molar-refractivity contribution is -0.140. The normalized spacial score (nSPS) is 16.3. The molecule has 8 heteroatoms. The molecule has 0 aliphatic carbocycles. The minimum atomic E-state index is -4.03. The molecule has 0 saturated carbocycles. The van der Waals surface area contributed by atoms with Crippen LogP contribution in [-0.4, -0.2) is 33.1 Å². The Hall–Kier alpha value is -1.69. The monoisotopic (exact) mass is 343 g/mol. The molecule has 7 nitrogen and oxygen atoms in total. The molecule has 0 aromatic heterocycles. The zero-order valence-corrected chi connectivity index (χ0v) is 13.8. The highest BCUT2D eigenvalue weighted by molar-refractivity contribution is 7.56. The van der Waals surface area contributed by atoms with E-state index < -0.39 is 37.6 Å². The summed E-state index contributed by atoms with van der Waals surface area (Å²) >= 11 is 0. The largest absolute Gasteiger partial charge is 0.481 e. The van der Waals surface area contributed by atoms with Crippen molar-refractivity contribution in [3.05, 3.63) is 35.9 Å². The first-order valence-electron chi connectivity index (χ1n) is 7.37. The van der Waals surface area contributed by atoms with Gasteiger partial charge in [-0.25, -0.2) is 5.09 Å². The standard InChI is InChI=1S/C15H22NO6P/c1-2-6-13(11-7-4-3-5-8-11)23(21,22)16-12(15(19)20)9-10-14(17)18/h3-5,7-8,12-13H,2,6,9-10H2,1H3,(H,17,18)(H,19,20)(H2,16,21,22). The number of rotatable bonds is 10. The molecule has 0 bridgehead atoms. The van der Waals surface area contributed by atoms with E-state index in [2.05, 4.69) is 5.09 Å². The lowest BCUT2D eigenvalue weighted by atomic mass is 10.1. The van der Waals surface area contributed by atoms with Gasteiger partial charge in [0, 0.05) is 6.42 Å². The highest BCUT2D eigenvalue weighted by Crippen LogP contribution is 2.54. The third kappa shape index (κ3) is 6.14. The van der Waals surface area contributed by atoms with Gasteiger partial charge in [-0.05, 0) is 18.4 Å². The Balaban J connectivity index is 2.97. The van der Waals surface area contributed by atoms with E-state index in [4.69, 9.17) is 10.2 Å². The van der Waals surface area contributed by atoms with Crippen molar-refractivity contribution in [2.75, 3.05) is 0 Å². The van der Waals surface area contributed by atoms with Gasteiger partial charge in [0.05, 0.1) is 5.66 Å². The SMILES string of the molecule is CCCC(c1ccccc1)P(=O)(O)NC(CCC(=O)O)C(=O)O. The molecule has 128 valence electrons. The van der Waals surface area contributed by atoms with Crippen molar-refractivity contribution in [3.63, 3.8) is 0 Å². The quantitative estimate of drug-likeness (QED) is 0.481. The molecule has 0 heterocycles. The summed E-state index contributed by atoms with van der Waals surface area (Å²) in [6, 6.07) is 7.34. The molecule has 0 saturated heterocycles. The van der Waals surface area contributed by atoms with Crippen molar-refractivity contribution >= 4 is 19.5 Å². The van der Waals surface area contributed by atoms with Crippen LogP contribution in [0, 0.1) is 0 Å². The van der Waals surface area contributed by atoms with Crippen LogP contribution >= 0.6 is 7.52 Å². The van der Waals surface area contributed by atoms with Crippen LogP contribution in [0.2, 0.25) is 0 Å². The van der Waals surface area contributed by atoms with Gasteiger partial charge in [-0.3, -0.25) is 14.2 Å². The first-order valence-corrected chi connectivity index (χ1v) is 9.10. The van der Waals surface area contributed by atoms with Crippen LogP contribution in [0.15, 0.2) is 30.3 Å². The predicted octanol–water partition coefficient (Wildman–Crippen LogP) is 2.62. The van der Waals surface area contributed by atoms with Crippen molar-refractivity contribution in [1.29, 1.82) is 0 Å². The second kappa shape index (κ2) is 8.82.